The van der Waals surface area contributed by atoms with Gasteiger partial charge in [0.25, 0.3) is 5.91 Å². The molecule has 0 saturated carbocycles. The monoisotopic (exact) mass is 435 g/mol. The molecule has 1 N–H and O–H groups in total. The molecule has 0 saturated heterocycles. The molecule has 0 spiro atoms. The van der Waals surface area contributed by atoms with E-state index in [0.717, 1.165) is 36.3 Å². The van der Waals surface area contributed by atoms with Crippen LogP contribution in [0.2, 0.25) is 0 Å². The zero-order chi connectivity index (χ0) is 22.0. The highest BCUT2D eigenvalue weighted by Gasteiger charge is 2.20. The highest BCUT2D eigenvalue weighted by Crippen LogP contribution is 2.26. The smallest absolute Gasteiger partial charge is 0.257 e. The van der Waals surface area contributed by atoms with Crippen molar-refractivity contribution in [2.45, 2.75) is 46.2 Å². The number of hydrogen-bond donors (Lipinski definition) is 1. The van der Waals surface area contributed by atoms with Crippen LogP contribution < -0.4 is 15.6 Å². The summed E-state index contributed by atoms with van der Waals surface area (Å²) in [5, 5.41) is 5.04. The Kier molecular flexibility index (Phi) is 6.28. The lowest BCUT2D eigenvalue weighted by Gasteiger charge is -2.27. The zero-order valence-corrected chi connectivity index (χ0v) is 19.2. The Morgan fingerprint density at radius 3 is 2.81 bits per heavy atom. The third-order valence-corrected chi connectivity index (χ3v) is 6.89. The molecule has 4 rings (SSSR count). The summed E-state index contributed by atoms with van der Waals surface area (Å²) in [6.07, 6.45) is 2.83. The second kappa shape index (κ2) is 9.10. The third-order valence-electron chi connectivity index (χ3n) is 6.03. The summed E-state index contributed by atoms with van der Waals surface area (Å²) in [7, 11) is 2.12. The van der Waals surface area contributed by atoms with E-state index in [2.05, 4.69) is 46.1 Å². The van der Waals surface area contributed by atoms with Crippen LogP contribution in [0.1, 0.15) is 51.1 Å². The van der Waals surface area contributed by atoms with Crippen LogP contribution in [0.4, 0.5) is 5.69 Å². The molecular weight excluding hydrogens is 406 g/mol. The number of thiophene rings is 1. The fraction of sp³-hybridized carbons (Fsp3) is 0.360. The van der Waals surface area contributed by atoms with E-state index >= 15 is 0 Å². The fourth-order valence-corrected chi connectivity index (χ4v) is 5.13. The second-order valence-electron chi connectivity index (χ2n) is 8.16. The van der Waals surface area contributed by atoms with Crippen LogP contribution in [0, 0.1) is 6.92 Å². The fourth-order valence-electron chi connectivity index (χ4n) is 4.44. The Morgan fingerprint density at radius 2 is 2.06 bits per heavy atom. The molecule has 3 heterocycles. The van der Waals surface area contributed by atoms with Crippen LogP contribution >= 0.6 is 11.3 Å². The molecule has 1 aliphatic heterocycles. The van der Waals surface area contributed by atoms with Crippen molar-refractivity contribution in [1.82, 2.24) is 9.88 Å². The molecule has 3 aromatic rings. The van der Waals surface area contributed by atoms with Gasteiger partial charge in [0.15, 0.2) is 5.43 Å². The van der Waals surface area contributed by atoms with Gasteiger partial charge in [-0.25, -0.2) is 0 Å². The molecule has 0 aliphatic carbocycles. The zero-order valence-electron chi connectivity index (χ0n) is 18.4. The van der Waals surface area contributed by atoms with Gasteiger partial charge in [-0.2, -0.15) is 0 Å². The first-order valence-electron chi connectivity index (χ1n) is 10.8. The normalized spacial score (nSPS) is 13.2. The first kappa shape index (κ1) is 21.4. The number of aryl methyl sites for hydroxylation is 2. The molecule has 6 heteroatoms. The Balaban J connectivity index is 1.57. The van der Waals surface area contributed by atoms with Crippen molar-refractivity contribution in [2.24, 2.45) is 0 Å². The Labute approximate surface area is 187 Å². The molecule has 0 unspecified atom stereocenters. The number of carbonyl (C=O) groups is 1. The first-order chi connectivity index (χ1) is 15.0. The lowest BCUT2D eigenvalue weighted by atomic mass is 9.99. The molecule has 0 radical (unpaired) electrons. The van der Waals surface area contributed by atoms with Crippen LogP contribution in [0.5, 0.6) is 0 Å². The molecule has 0 atom stereocenters. The number of hydrogen-bond acceptors (Lipinski definition) is 4. The molecule has 1 aromatic carbocycles. The van der Waals surface area contributed by atoms with Gasteiger partial charge in [0.2, 0.25) is 0 Å². The standard InChI is InChI=1S/C25H29N3O2S/c1-4-21-24(23(29)13-17(2)28(21)16-20-8-6-12-31-20)25(30)26-15-18-9-10-22-19(14-18)7-5-11-27(22)3/h6,8-10,12-14H,4-5,7,11,15-16H2,1-3H3,(H,26,30). The van der Waals surface area contributed by atoms with Gasteiger partial charge in [-0.3, -0.25) is 9.59 Å². The molecular formula is C25H29N3O2S. The maximum absolute atomic E-state index is 13.1. The molecule has 0 bridgehead atoms. The van der Waals surface area contributed by atoms with Crippen molar-refractivity contribution in [2.75, 3.05) is 18.5 Å². The molecule has 1 amide bonds. The van der Waals surface area contributed by atoms with Crippen LogP contribution in [0.3, 0.4) is 0 Å². The molecule has 1 aliphatic rings. The summed E-state index contributed by atoms with van der Waals surface area (Å²) in [5.41, 5.74) is 5.39. The number of nitrogens with zero attached hydrogens (tertiary/aromatic N) is 2. The van der Waals surface area contributed by atoms with Gasteiger partial charge >= 0.3 is 0 Å². The van der Waals surface area contributed by atoms with Crippen molar-refractivity contribution in [3.05, 3.63) is 85.0 Å². The van der Waals surface area contributed by atoms with E-state index in [9.17, 15) is 9.59 Å². The van der Waals surface area contributed by atoms with Crippen LogP contribution in [0.15, 0.2) is 46.6 Å². The summed E-state index contributed by atoms with van der Waals surface area (Å²) in [4.78, 5) is 29.3. The lowest BCUT2D eigenvalue weighted by molar-refractivity contribution is 0.0948. The minimum atomic E-state index is -0.295. The predicted octanol–water partition coefficient (Wildman–Crippen LogP) is 4.14. The second-order valence-corrected chi connectivity index (χ2v) is 9.19. The summed E-state index contributed by atoms with van der Waals surface area (Å²) in [6.45, 7) is 6.09. The van der Waals surface area contributed by atoms with Crippen molar-refractivity contribution in [3.63, 3.8) is 0 Å². The van der Waals surface area contributed by atoms with Crippen molar-refractivity contribution in [1.29, 1.82) is 0 Å². The van der Waals surface area contributed by atoms with Gasteiger partial charge in [0.05, 0.1) is 6.54 Å². The van der Waals surface area contributed by atoms with E-state index in [0.29, 0.717) is 19.5 Å². The minimum absolute atomic E-state index is 0.207. The number of nitrogens with one attached hydrogen (secondary N) is 1. The molecule has 31 heavy (non-hydrogen) atoms. The van der Waals surface area contributed by atoms with Crippen LogP contribution in [0.25, 0.3) is 0 Å². The molecule has 5 nitrogen and oxygen atoms in total. The van der Waals surface area contributed by atoms with E-state index < -0.39 is 0 Å². The lowest BCUT2D eigenvalue weighted by Crippen LogP contribution is -2.32. The topological polar surface area (TPSA) is 54.3 Å². The predicted molar refractivity (Wildman–Crippen MR) is 127 cm³/mol. The first-order valence-corrected chi connectivity index (χ1v) is 11.7. The average Bonchev–Trinajstić information content (AvgIpc) is 3.27. The Hall–Kier alpha value is -2.86. The number of rotatable bonds is 6. The summed E-state index contributed by atoms with van der Waals surface area (Å²) >= 11 is 1.68. The number of pyridine rings is 1. The maximum Gasteiger partial charge on any atom is 0.257 e. The van der Waals surface area contributed by atoms with E-state index in [4.69, 9.17) is 0 Å². The summed E-state index contributed by atoms with van der Waals surface area (Å²) in [5.74, 6) is -0.295. The van der Waals surface area contributed by atoms with Gasteiger partial charge < -0.3 is 14.8 Å². The van der Waals surface area contributed by atoms with Gasteiger partial charge in [-0.05, 0) is 54.8 Å². The van der Waals surface area contributed by atoms with Crippen LogP contribution in [-0.4, -0.2) is 24.1 Å². The molecule has 2 aromatic heterocycles. The highest BCUT2D eigenvalue weighted by molar-refractivity contribution is 7.09. The van der Waals surface area contributed by atoms with E-state index in [-0.39, 0.29) is 16.9 Å². The van der Waals surface area contributed by atoms with E-state index in [1.807, 2.05) is 25.3 Å². The maximum atomic E-state index is 13.1. The Morgan fingerprint density at radius 1 is 1.23 bits per heavy atom. The SMILES string of the molecule is CCc1c(C(=O)NCc2ccc3c(c2)CCCN3C)c(=O)cc(C)n1Cc1cccs1. The van der Waals surface area contributed by atoms with Gasteiger partial charge in [-0.15, -0.1) is 11.3 Å². The van der Waals surface area contributed by atoms with E-state index in [1.54, 1.807) is 17.4 Å². The third kappa shape index (κ3) is 4.44. The number of benzene rings is 1. The average molecular weight is 436 g/mol. The minimum Gasteiger partial charge on any atom is -0.374 e. The largest absolute Gasteiger partial charge is 0.374 e. The summed E-state index contributed by atoms with van der Waals surface area (Å²) < 4.78 is 2.09. The van der Waals surface area contributed by atoms with Crippen molar-refractivity contribution >= 4 is 22.9 Å². The Bertz CT molecular complexity index is 1150. The number of carbonyl (C=O) groups excluding carboxylic acids is 1. The van der Waals surface area contributed by atoms with Crippen molar-refractivity contribution < 1.29 is 4.79 Å². The van der Waals surface area contributed by atoms with Gasteiger partial charge in [0.1, 0.15) is 5.56 Å². The number of aromatic nitrogens is 1. The van der Waals surface area contributed by atoms with Gasteiger partial charge in [0, 0.05) is 48.2 Å². The summed E-state index contributed by atoms with van der Waals surface area (Å²) in [6, 6.07) is 12.0. The van der Waals surface area contributed by atoms with Crippen molar-refractivity contribution in [3.8, 4) is 0 Å². The van der Waals surface area contributed by atoms with Gasteiger partial charge in [-0.1, -0.05) is 25.1 Å². The quantitative estimate of drug-likeness (QED) is 0.633. The van der Waals surface area contributed by atoms with E-state index in [1.165, 1.54) is 16.1 Å². The highest BCUT2D eigenvalue weighted by atomic mass is 32.1. The number of anilines is 1. The molecule has 0 fully saturated rings. The number of amides is 1. The molecule has 162 valence electrons. The number of fused-ring (bicyclic) bond motifs is 1. The van der Waals surface area contributed by atoms with Crippen LogP contribution in [-0.2, 0) is 25.9 Å².